The first-order valence-electron chi connectivity index (χ1n) is 9.52. The summed E-state index contributed by atoms with van der Waals surface area (Å²) in [6, 6.07) is 2.55. The fourth-order valence-corrected chi connectivity index (χ4v) is 4.90. The molecule has 1 aromatic heterocycles. The highest BCUT2D eigenvalue weighted by Gasteiger charge is 2.35. The normalized spacial score (nSPS) is 22.5. The number of hydrogen-bond acceptors (Lipinski definition) is 2. The van der Waals surface area contributed by atoms with Gasteiger partial charge in [-0.05, 0) is 61.3 Å². The van der Waals surface area contributed by atoms with Gasteiger partial charge in [0.2, 0.25) is 0 Å². The van der Waals surface area contributed by atoms with Crippen molar-refractivity contribution in [2.75, 3.05) is 5.32 Å². The number of pyridine rings is 1. The second-order valence-electron chi connectivity index (χ2n) is 9.39. The first kappa shape index (κ1) is 19.6. The molecule has 0 atom stereocenters. The van der Waals surface area contributed by atoms with Gasteiger partial charge in [0.15, 0.2) is 0 Å². The lowest BCUT2D eigenvalue weighted by atomic mass is 9.64. The number of rotatable bonds is 5. The van der Waals surface area contributed by atoms with Crippen LogP contribution in [0.25, 0.3) is 0 Å². The van der Waals surface area contributed by atoms with Crippen LogP contribution in [0.3, 0.4) is 0 Å². The van der Waals surface area contributed by atoms with Gasteiger partial charge in [-0.2, -0.15) is 0 Å². The summed E-state index contributed by atoms with van der Waals surface area (Å²) >= 11 is 6.48. The highest BCUT2D eigenvalue weighted by atomic mass is 35.5. The summed E-state index contributed by atoms with van der Waals surface area (Å²) in [7, 11) is 0. The summed E-state index contributed by atoms with van der Waals surface area (Å²) in [5, 5.41) is 4.47. The van der Waals surface area contributed by atoms with Crippen LogP contribution in [0.5, 0.6) is 0 Å². The van der Waals surface area contributed by atoms with Gasteiger partial charge in [-0.25, -0.2) is 0 Å². The molecular weight excluding hydrogens is 316 g/mol. The van der Waals surface area contributed by atoms with E-state index in [1.165, 1.54) is 32.1 Å². The second-order valence-corrected chi connectivity index (χ2v) is 9.77. The Morgan fingerprint density at radius 1 is 1.12 bits per heavy atom. The van der Waals surface area contributed by atoms with Gasteiger partial charge >= 0.3 is 0 Å². The van der Waals surface area contributed by atoms with E-state index in [1.54, 1.807) is 0 Å². The molecule has 1 heterocycles. The Kier molecular flexibility index (Phi) is 6.23. The maximum Gasteiger partial charge on any atom is 0.0852 e. The Morgan fingerprint density at radius 3 is 2.29 bits per heavy atom. The molecule has 0 bridgehead atoms. The predicted molar refractivity (Wildman–Crippen MR) is 106 cm³/mol. The van der Waals surface area contributed by atoms with Gasteiger partial charge in [0.1, 0.15) is 0 Å². The Balaban J connectivity index is 1.94. The van der Waals surface area contributed by atoms with Gasteiger partial charge in [-0.3, -0.25) is 4.98 Å². The zero-order valence-electron chi connectivity index (χ0n) is 16.4. The molecule has 2 rings (SSSR count). The molecule has 0 amide bonds. The average Bonchev–Trinajstić information content (AvgIpc) is 2.47. The minimum absolute atomic E-state index is 0.402. The van der Waals surface area contributed by atoms with Crippen LogP contribution < -0.4 is 5.32 Å². The van der Waals surface area contributed by atoms with Crippen LogP contribution in [0.15, 0.2) is 12.3 Å². The molecule has 1 aliphatic rings. The number of aryl methyl sites for hydroxylation is 1. The molecule has 0 radical (unpaired) electrons. The van der Waals surface area contributed by atoms with Gasteiger partial charge in [-0.1, -0.05) is 53.1 Å². The second kappa shape index (κ2) is 7.64. The Labute approximate surface area is 153 Å². The van der Waals surface area contributed by atoms with E-state index < -0.39 is 0 Å². The summed E-state index contributed by atoms with van der Waals surface area (Å²) in [5.41, 5.74) is 2.87. The van der Waals surface area contributed by atoms with Crippen molar-refractivity contribution < 1.29 is 0 Å². The van der Waals surface area contributed by atoms with E-state index in [-0.39, 0.29) is 0 Å². The minimum atomic E-state index is 0.402. The van der Waals surface area contributed by atoms with Crippen molar-refractivity contribution in [2.24, 2.45) is 16.7 Å². The van der Waals surface area contributed by atoms with Crippen LogP contribution in [0.4, 0.5) is 5.69 Å². The summed E-state index contributed by atoms with van der Waals surface area (Å²) in [6.45, 7) is 14.1. The molecule has 0 aromatic carbocycles. The van der Waals surface area contributed by atoms with Crippen molar-refractivity contribution in [3.05, 3.63) is 23.0 Å². The van der Waals surface area contributed by atoms with Gasteiger partial charge in [0.05, 0.1) is 16.4 Å². The average molecular weight is 351 g/mol. The minimum Gasteiger partial charge on any atom is -0.381 e. The fraction of sp³-hybridized carbons (Fsp3) is 0.762. The number of hydrogen-bond donors (Lipinski definition) is 1. The van der Waals surface area contributed by atoms with Crippen LogP contribution in [-0.4, -0.2) is 11.0 Å². The zero-order chi connectivity index (χ0) is 18.0. The SMILES string of the molecule is CCc1nccc(N[C@H]2CC[C@@H](C(C)(C)CC(C)(C)C)CC2)c1Cl. The van der Waals surface area contributed by atoms with Crippen LogP contribution in [0.1, 0.15) is 79.3 Å². The standard InChI is InChI=1S/C21H35ClN2/c1-7-17-19(22)18(12-13-23-17)24-16-10-8-15(9-11-16)21(5,6)14-20(2,3)4/h12-13,15-16H,7-11,14H2,1-6H3,(H,23,24)/t15-,16+. The van der Waals surface area contributed by atoms with Gasteiger partial charge in [-0.15, -0.1) is 0 Å². The molecular formula is C21H35ClN2. The molecule has 2 nitrogen and oxygen atoms in total. The number of nitrogens with zero attached hydrogens (tertiary/aromatic N) is 1. The van der Waals surface area contributed by atoms with Crippen LogP contribution >= 0.6 is 11.6 Å². The maximum absolute atomic E-state index is 6.48. The molecule has 0 saturated heterocycles. The van der Waals surface area contributed by atoms with Crippen LogP contribution in [0.2, 0.25) is 5.02 Å². The van der Waals surface area contributed by atoms with Crippen molar-refractivity contribution >= 4 is 17.3 Å². The molecule has 3 heteroatoms. The van der Waals surface area contributed by atoms with E-state index in [2.05, 4.69) is 51.8 Å². The summed E-state index contributed by atoms with van der Waals surface area (Å²) in [4.78, 5) is 4.36. The number of nitrogens with one attached hydrogen (secondary N) is 1. The molecule has 0 unspecified atom stereocenters. The van der Waals surface area contributed by atoms with E-state index in [4.69, 9.17) is 11.6 Å². The Bertz CT molecular complexity index is 537. The lowest BCUT2D eigenvalue weighted by Gasteiger charge is -2.43. The van der Waals surface area contributed by atoms with Crippen molar-refractivity contribution in [3.63, 3.8) is 0 Å². The molecule has 24 heavy (non-hydrogen) atoms. The smallest absolute Gasteiger partial charge is 0.0852 e. The van der Waals surface area contributed by atoms with Crippen molar-refractivity contribution in [2.45, 2.75) is 86.1 Å². The first-order chi connectivity index (χ1) is 11.1. The molecule has 136 valence electrons. The van der Waals surface area contributed by atoms with Gasteiger partial charge in [0, 0.05) is 12.2 Å². The largest absolute Gasteiger partial charge is 0.381 e. The topological polar surface area (TPSA) is 24.9 Å². The van der Waals surface area contributed by atoms with Gasteiger partial charge < -0.3 is 5.32 Å². The summed E-state index contributed by atoms with van der Waals surface area (Å²) < 4.78 is 0. The van der Waals surface area contributed by atoms with E-state index >= 15 is 0 Å². The van der Waals surface area contributed by atoms with Crippen LogP contribution in [0, 0.1) is 16.7 Å². The number of anilines is 1. The Hall–Kier alpha value is -0.760. The number of aromatic nitrogens is 1. The molecule has 1 N–H and O–H groups in total. The molecule has 1 aliphatic carbocycles. The molecule has 1 aromatic rings. The molecule has 0 spiro atoms. The molecule has 1 saturated carbocycles. The van der Waals surface area contributed by atoms with E-state index in [0.717, 1.165) is 28.7 Å². The lowest BCUT2D eigenvalue weighted by molar-refractivity contribution is 0.0969. The summed E-state index contributed by atoms with van der Waals surface area (Å²) in [5.74, 6) is 0.828. The van der Waals surface area contributed by atoms with E-state index in [1.807, 2.05) is 12.3 Å². The zero-order valence-corrected chi connectivity index (χ0v) is 17.1. The fourth-order valence-electron chi connectivity index (χ4n) is 4.60. The maximum atomic E-state index is 6.48. The van der Waals surface area contributed by atoms with Crippen molar-refractivity contribution in [3.8, 4) is 0 Å². The van der Waals surface area contributed by atoms with Crippen LogP contribution in [-0.2, 0) is 6.42 Å². The third-order valence-electron chi connectivity index (χ3n) is 5.47. The highest BCUT2D eigenvalue weighted by Crippen LogP contribution is 2.45. The third-order valence-corrected chi connectivity index (χ3v) is 5.90. The van der Waals surface area contributed by atoms with Crippen molar-refractivity contribution in [1.29, 1.82) is 0 Å². The first-order valence-corrected chi connectivity index (χ1v) is 9.90. The third kappa shape index (κ3) is 5.12. The lowest BCUT2D eigenvalue weighted by Crippen LogP contribution is -2.35. The van der Waals surface area contributed by atoms with E-state index in [0.29, 0.717) is 16.9 Å². The summed E-state index contributed by atoms with van der Waals surface area (Å²) in [6.07, 6.45) is 9.12. The monoisotopic (exact) mass is 350 g/mol. The highest BCUT2D eigenvalue weighted by molar-refractivity contribution is 6.33. The molecule has 1 fully saturated rings. The quantitative estimate of drug-likeness (QED) is 0.636. The molecule has 0 aliphatic heterocycles. The predicted octanol–water partition coefficient (Wildman–Crippen LogP) is 6.73. The number of halogens is 1. The Morgan fingerprint density at radius 2 is 1.75 bits per heavy atom. The van der Waals surface area contributed by atoms with E-state index in [9.17, 15) is 0 Å². The van der Waals surface area contributed by atoms with Gasteiger partial charge in [0.25, 0.3) is 0 Å². The van der Waals surface area contributed by atoms with Crippen molar-refractivity contribution in [1.82, 2.24) is 4.98 Å².